The fourth-order valence-corrected chi connectivity index (χ4v) is 3.87. The van der Waals surface area contributed by atoms with Gasteiger partial charge in [-0.3, -0.25) is 19.3 Å². The predicted octanol–water partition coefficient (Wildman–Crippen LogP) is 2.92. The zero-order chi connectivity index (χ0) is 20.4. The minimum absolute atomic E-state index is 0.0606. The van der Waals surface area contributed by atoms with E-state index in [4.69, 9.17) is 4.74 Å². The molecular formula is C23H24N2O4. The van der Waals surface area contributed by atoms with Crippen LogP contribution < -0.4 is 4.74 Å². The molecule has 4 rings (SSSR count). The first-order valence-electron chi connectivity index (χ1n) is 10.1. The molecule has 1 saturated heterocycles. The Balaban J connectivity index is 1.32. The van der Waals surface area contributed by atoms with Crippen molar-refractivity contribution in [3.8, 4) is 5.75 Å². The smallest absolute Gasteiger partial charge is 0.262 e. The van der Waals surface area contributed by atoms with E-state index in [2.05, 4.69) is 19.1 Å². The summed E-state index contributed by atoms with van der Waals surface area (Å²) in [6.45, 7) is 3.01. The summed E-state index contributed by atoms with van der Waals surface area (Å²) in [5, 5.41) is 0. The zero-order valence-electron chi connectivity index (χ0n) is 16.5. The van der Waals surface area contributed by atoms with Crippen LogP contribution in [0.4, 0.5) is 0 Å². The summed E-state index contributed by atoms with van der Waals surface area (Å²) < 4.78 is 6.08. The van der Waals surface area contributed by atoms with Gasteiger partial charge in [-0.25, -0.2) is 0 Å². The van der Waals surface area contributed by atoms with Crippen molar-refractivity contribution in [2.24, 2.45) is 0 Å². The molecule has 0 N–H and O–H groups in total. The average Bonchev–Trinajstić information content (AvgIpc) is 2.99. The first kappa shape index (κ1) is 19.2. The van der Waals surface area contributed by atoms with Crippen molar-refractivity contribution in [1.29, 1.82) is 0 Å². The standard InChI is InChI=1S/C23H24N2O4/c1-2-16-6-5-7-18(14-16)29-17-10-12-24(13-11-17)21(26)15-25-22(27)19-8-3-4-9-20(19)23(25)28/h3-9,14,17H,2,10-13,15H2,1H3. The van der Waals surface area contributed by atoms with Gasteiger partial charge in [0.2, 0.25) is 5.91 Å². The lowest BCUT2D eigenvalue weighted by atomic mass is 10.1. The zero-order valence-corrected chi connectivity index (χ0v) is 16.5. The van der Waals surface area contributed by atoms with Gasteiger partial charge < -0.3 is 9.64 Å². The maximum Gasteiger partial charge on any atom is 0.262 e. The van der Waals surface area contributed by atoms with Gasteiger partial charge in [0.05, 0.1) is 11.1 Å². The first-order chi connectivity index (χ1) is 14.1. The summed E-state index contributed by atoms with van der Waals surface area (Å²) in [5.41, 5.74) is 1.97. The topological polar surface area (TPSA) is 66.9 Å². The number of aryl methyl sites for hydroxylation is 1. The largest absolute Gasteiger partial charge is 0.490 e. The minimum atomic E-state index is -0.395. The molecular weight excluding hydrogens is 368 g/mol. The molecule has 3 amide bonds. The van der Waals surface area contributed by atoms with Crippen molar-refractivity contribution in [3.05, 3.63) is 65.2 Å². The maximum absolute atomic E-state index is 12.7. The van der Waals surface area contributed by atoms with Crippen molar-refractivity contribution in [2.75, 3.05) is 19.6 Å². The highest BCUT2D eigenvalue weighted by Gasteiger charge is 2.37. The Kier molecular flexibility index (Phi) is 5.34. The normalized spacial score (nSPS) is 16.9. The molecule has 0 spiro atoms. The third-order valence-electron chi connectivity index (χ3n) is 5.58. The lowest BCUT2D eigenvalue weighted by molar-refractivity contribution is -0.133. The van der Waals surface area contributed by atoms with E-state index in [-0.39, 0.29) is 18.6 Å². The van der Waals surface area contributed by atoms with Crippen LogP contribution in [0.1, 0.15) is 46.0 Å². The quantitative estimate of drug-likeness (QED) is 0.734. The number of benzene rings is 2. The number of rotatable bonds is 5. The SMILES string of the molecule is CCc1cccc(OC2CCN(C(=O)CN3C(=O)c4ccccc4C3=O)CC2)c1. The number of hydrogen-bond donors (Lipinski definition) is 0. The van der Waals surface area contributed by atoms with Crippen LogP contribution in [-0.2, 0) is 11.2 Å². The number of piperidine rings is 1. The van der Waals surface area contributed by atoms with E-state index in [9.17, 15) is 14.4 Å². The summed E-state index contributed by atoms with van der Waals surface area (Å²) >= 11 is 0. The molecule has 2 aliphatic heterocycles. The Morgan fingerprint density at radius 1 is 1.00 bits per heavy atom. The van der Waals surface area contributed by atoms with Crippen molar-refractivity contribution in [3.63, 3.8) is 0 Å². The van der Waals surface area contributed by atoms with Crippen LogP contribution in [0, 0.1) is 0 Å². The van der Waals surface area contributed by atoms with Gasteiger partial charge >= 0.3 is 0 Å². The Morgan fingerprint density at radius 3 is 2.28 bits per heavy atom. The van der Waals surface area contributed by atoms with Crippen molar-refractivity contribution >= 4 is 17.7 Å². The molecule has 2 aliphatic rings. The third-order valence-corrected chi connectivity index (χ3v) is 5.58. The molecule has 0 aromatic heterocycles. The number of ether oxygens (including phenoxy) is 1. The molecule has 1 fully saturated rings. The number of carbonyl (C=O) groups is 3. The molecule has 0 atom stereocenters. The number of imide groups is 1. The number of amides is 3. The van der Waals surface area contributed by atoms with Crippen molar-refractivity contribution in [2.45, 2.75) is 32.3 Å². The third kappa shape index (κ3) is 3.88. The van der Waals surface area contributed by atoms with Crippen LogP contribution in [0.25, 0.3) is 0 Å². The van der Waals surface area contributed by atoms with Gasteiger partial charge in [0, 0.05) is 25.9 Å². The van der Waals surface area contributed by atoms with Gasteiger partial charge in [0.15, 0.2) is 0 Å². The lowest BCUT2D eigenvalue weighted by Gasteiger charge is -2.33. The Bertz CT molecular complexity index is 912. The summed E-state index contributed by atoms with van der Waals surface area (Å²) in [4.78, 5) is 40.3. The van der Waals surface area contributed by atoms with Gasteiger partial charge in [-0.15, -0.1) is 0 Å². The lowest BCUT2D eigenvalue weighted by Crippen LogP contribution is -2.47. The van der Waals surface area contributed by atoms with Gasteiger partial charge in [0.25, 0.3) is 11.8 Å². The van der Waals surface area contributed by atoms with Crippen LogP contribution in [0.3, 0.4) is 0 Å². The fourth-order valence-electron chi connectivity index (χ4n) is 3.87. The van der Waals surface area contributed by atoms with Gasteiger partial charge in [-0.1, -0.05) is 31.2 Å². The summed E-state index contributed by atoms with van der Waals surface area (Å²) in [7, 11) is 0. The molecule has 150 valence electrons. The summed E-state index contributed by atoms with van der Waals surface area (Å²) in [5.74, 6) is -0.132. The van der Waals surface area contributed by atoms with Crippen LogP contribution >= 0.6 is 0 Å². The highest BCUT2D eigenvalue weighted by atomic mass is 16.5. The van der Waals surface area contributed by atoms with E-state index >= 15 is 0 Å². The second-order valence-electron chi connectivity index (χ2n) is 7.44. The summed E-state index contributed by atoms with van der Waals surface area (Å²) in [6, 6.07) is 14.8. The first-order valence-corrected chi connectivity index (χ1v) is 10.1. The number of likely N-dealkylation sites (tertiary alicyclic amines) is 1. The highest BCUT2D eigenvalue weighted by molar-refractivity contribution is 6.22. The van der Waals surface area contributed by atoms with E-state index < -0.39 is 11.8 Å². The van der Waals surface area contributed by atoms with Crippen LogP contribution in [0.15, 0.2) is 48.5 Å². The molecule has 29 heavy (non-hydrogen) atoms. The fraction of sp³-hybridized carbons (Fsp3) is 0.348. The van der Waals surface area contributed by atoms with Crippen molar-refractivity contribution < 1.29 is 19.1 Å². The summed E-state index contributed by atoms with van der Waals surface area (Å²) in [6.07, 6.45) is 2.47. The van der Waals surface area contributed by atoms with E-state index in [0.29, 0.717) is 24.2 Å². The second-order valence-corrected chi connectivity index (χ2v) is 7.44. The van der Waals surface area contributed by atoms with Crippen molar-refractivity contribution in [1.82, 2.24) is 9.80 Å². The van der Waals surface area contributed by atoms with Crippen LogP contribution in [0.5, 0.6) is 5.75 Å². The number of carbonyl (C=O) groups excluding carboxylic acids is 3. The molecule has 0 aliphatic carbocycles. The number of fused-ring (bicyclic) bond motifs is 1. The Labute approximate surface area is 170 Å². The van der Waals surface area contributed by atoms with Crippen LogP contribution in [-0.4, -0.2) is 53.3 Å². The molecule has 0 unspecified atom stereocenters. The molecule has 2 aromatic carbocycles. The maximum atomic E-state index is 12.7. The molecule has 2 aromatic rings. The average molecular weight is 392 g/mol. The minimum Gasteiger partial charge on any atom is -0.490 e. The van der Waals surface area contributed by atoms with E-state index in [1.165, 1.54) is 5.56 Å². The molecule has 2 heterocycles. The molecule has 6 heteroatoms. The number of nitrogens with zero attached hydrogens (tertiary/aromatic N) is 2. The Hall–Kier alpha value is -3.15. The van der Waals surface area contributed by atoms with E-state index in [1.54, 1.807) is 29.2 Å². The van der Waals surface area contributed by atoms with Gasteiger partial charge in [-0.05, 0) is 36.2 Å². The molecule has 0 saturated carbocycles. The monoisotopic (exact) mass is 392 g/mol. The highest BCUT2D eigenvalue weighted by Crippen LogP contribution is 2.24. The van der Waals surface area contributed by atoms with Gasteiger partial charge in [0.1, 0.15) is 18.4 Å². The molecule has 6 nitrogen and oxygen atoms in total. The molecule has 0 radical (unpaired) electrons. The molecule has 0 bridgehead atoms. The number of hydrogen-bond acceptors (Lipinski definition) is 4. The van der Waals surface area contributed by atoms with Crippen LogP contribution in [0.2, 0.25) is 0 Å². The van der Waals surface area contributed by atoms with E-state index in [1.807, 2.05) is 12.1 Å². The predicted molar refractivity (Wildman–Crippen MR) is 108 cm³/mol. The second kappa shape index (κ2) is 8.07. The van der Waals surface area contributed by atoms with Gasteiger partial charge in [-0.2, -0.15) is 0 Å². The van der Waals surface area contributed by atoms with E-state index in [0.717, 1.165) is 29.9 Å². The Morgan fingerprint density at radius 2 is 1.66 bits per heavy atom.